The molecule has 3 rings (SSSR count). The number of unbranched alkanes of at least 4 members (excludes halogenated alkanes) is 6. The molecule has 0 radical (unpaired) electrons. The Morgan fingerprint density at radius 2 is 1.74 bits per heavy atom. The number of aryl methyl sites for hydroxylation is 2. The Bertz CT molecular complexity index is 1180. The van der Waals surface area contributed by atoms with Gasteiger partial charge in [0.15, 0.2) is 0 Å². The number of rotatable bonds is 13. The lowest BCUT2D eigenvalue weighted by Gasteiger charge is -2.12. The Balaban J connectivity index is 1.73. The van der Waals surface area contributed by atoms with Crippen molar-refractivity contribution in [3.05, 3.63) is 58.0 Å². The van der Waals surface area contributed by atoms with Crippen LogP contribution in [0.1, 0.15) is 68.7 Å². The minimum Gasteiger partial charge on any atom is -0.344 e. The molecule has 3 aromatic rings. The van der Waals surface area contributed by atoms with Gasteiger partial charge in [0.2, 0.25) is 5.56 Å². The van der Waals surface area contributed by atoms with E-state index in [0.717, 1.165) is 48.3 Å². The number of aromatic nitrogens is 2. The molecule has 0 bridgehead atoms. The molecule has 0 saturated heterocycles. The molecule has 7 heteroatoms. The molecule has 0 aliphatic carbocycles. The zero-order valence-electron chi connectivity index (χ0n) is 20.2. The van der Waals surface area contributed by atoms with Gasteiger partial charge in [0.1, 0.15) is 0 Å². The first-order valence-electron chi connectivity index (χ1n) is 12.2. The summed E-state index contributed by atoms with van der Waals surface area (Å²) >= 11 is 1.93. The second-order valence-corrected chi connectivity index (χ2v) is 9.99. The fourth-order valence-corrected chi connectivity index (χ4v) is 5.65. The van der Waals surface area contributed by atoms with E-state index in [1.54, 1.807) is 6.07 Å². The lowest BCUT2D eigenvalue weighted by molar-refractivity contribution is -0.136. The quantitative estimate of drug-likeness (QED) is 0.194. The number of halogens is 3. The normalized spacial score (nSPS) is 12.1. The van der Waals surface area contributed by atoms with E-state index in [0.29, 0.717) is 11.5 Å². The molecule has 34 heavy (non-hydrogen) atoms. The fraction of sp³-hybridized carbons (Fsp3) is 0.519. The number of alkyl halides is 3. The fourth-order valence-electron chi connectivity index (χ4n) is 4.90. The highest BCUT2D eigenvalue weighted by atomic mass is 32.2. The molecule has 1 N–H and O–H groups in total. The predicted octanol–water partition coefficient (Wildman–Crippen LogP) is 8.02. The lowest BCUT2D eigenvalue weighted by atomic mass is 10.0. The maximum Gasteiger partial charge on any atom is 0.417 e. The van der Waals surface area contributed by atoms with Gasteiger partial charge in [0.25, 0.3) is 0 Å². The number of thioether (sulfide) groups is 1. The van der Waals surface area contributed by atoms with Crippen molar-refractivity contribution in [2.24, 2.45) is 0 Å². The predicted molar refractivity (Wildman–Crippen MR) is 139 cm³/mol. The maximum atomic E-state index is 13.8. The third kappa shape index (κ3) is 6.09. The molecule has 0 spiro atoms. The standard InChI is InChI=1S/C27H35F3N2OS/c1-4-16-34-17-12-10-8-6-7-9-11-15-32-22(5-2)19(3)25-23(32)14-13-21-26(25)20(27(28,29)30)18-24(33)31-21/h4,13-14,18H,1,5-12,15-17H2,2-3H3,(H,31,33). The van der Waals surface area contributed by atoms with Gasteiger partial charge in [-0.3, -0.25) is 4.79 Å². The second kappa shape index (κ2) is 12.0. The van der Waals surface area contributed by atoms with Crippen LogP contribution in [0.3, 0.4) is 0 Å². The van der Waals surface area contributed by atoms with Crippen molar-refractivity contribution in [1.29, 1.82) is 0 Å². The summed E-state index contributed by atoms with van der Waals surface area (Å²) in [5, 5.41) is 0.703. The molecule has 2 heterocycles. The Labute approximate surface area is 203 Å². The first-order chi connectivity index (χ1) is 16.3. The van der Waals surface area contributed by atoms with E-state index >= 15 is 0 Å². The molecule has 0 aliphatic rings. The van der Waals surface area contributed by atoms with Crippen molar-refractivity contribution in [2.75, 3.05) is 11.5 Å². The van der Waals surface area contributed by atoms with Crippen molar-refractivity contribution in [3.8, 4) is 0 Å². The Hall–Kier alpha value is -2.15. The molecule has 3 nitrogen and oxygen atoms in total. The van der Waals surface area contributed by atoms with Crippen molar-refractivity contribution in [1.82, 2.24) is 9.55 Å². The first-order valence-corrected chi connectivity index (χ1v) is 13.4. The molecule has 0 saturated carbocycles. The zero-order chi connectivity index (χ0) is 24.7. The summed E-state index contributed by atoms with van der Waals surface area (Å²) in [5.41, 5.74) is 1.40. The van der Waals surface area contributed by atoms with Crippen LogP contribution in [0, 0.1) is 6.92 Å². The van der Waals surface area contributed by atoms with Gasteiger partial charge in [-0.05, 0) is 49.6 Å². The SMILES string of the molecule is C=CCSCCCCCCCCCn1c(CC)c(C)c2c3c(C(F)(F)F)cc(=O)[nH]c3ccc21. The highest BCUT2D eigenvalue weighted by Crippen LogP contribution is 2.39. The highest BCUT2D eigenvalue weighted by Gasteiger charge is 2.34. The van der Waals surface area contributed by atoms with E-state index in [4.69, 9.17) is 0 Å². The van der Waals surface area contributed by atoms with E-state index in [-0.39, 0.29) is 10.9 Å². The number of hydrogen-bond acceptors (Lipinski definition) is 2. The number of H-pyrrole nitrogens is 1. The maximum absolute atomic E-state index is 13.8. The highest BCUT2D eigenvalue weighted by molar-refractivity contribution is 7.99. The van der Waals surface area contributed by atoms with Crippen molar-refractivity contribution in [2.45, 2.75) is 77.9 Å². The summed E-state index contributed by atoms with van der Waals surface area (Å²) in [6, 6.07) is 4.14. The van der Waals surface area contributed by atoms with Crippen LogP contribution < -0.4 is 5.56 Å². The van der Waals surface area contributed by atoms with Crippen molar-refractivity contribution in [3.63, 3.8) is 0 Å². The minimum absolute atomic E-state index is 0.0989. The number of pyridine rings is 1. The van der Waals surface area contributed by atoms with Gasteiger partial charge in [-0.1, -0.05) is 45.1 Å². The number of aromatic amines is 1. The summed E-state index contributed by atoms with van der Waals surface area (Å²) in [4.78, 5) is 14.5. The molecule has 0 amide bonds. The third-order valence-corrected chi connectivity index (χ3v) is 7.51. The minimum atomic E-state index is -4.59. The van der Waals surface area contributed by atoms with Crippen LogP contribution in [0.2, 0.25) is 0 Å². The van der Waals surface area contributed by atoms with Gasteiger partial charge in [-0.25, -0.2) is 0 Å². The van der Waals surface area contributed by atoms with Crippen LogP contribution in [0.25, 0.3) is 21.8 Å². The summed E-state index contributed by atoms with van der Waals surface area (Å²) < 4.78 is 43.7. The van der Waals surface area contributed by atoms with Crippen LogP contribution in [-0.4, -0.2) is 21.1 Å². The van der Waals surface area contributed by atoms with Gasteiger partial charge in [0.05, 0.1) is 5.56 Å². The molecule has 0 aliphatic heterocycles. The average Bonchev–Trinajstić information content (AvgIpc) is 3.07. The van der Waals surface area contributed by atoms with E-state index < -0.39 is 17.3 Å². The Kier molecular flexibility index (Phi) is 9.34. The van der Waals surface area contributed by atoms with E-state index in [1.807, 2.05) is 37.8 Å². The monoisotopic (exact) mass is 492 g/mol. The molecule has 0 fully saturated rings. The zero-order valence-corrected chi connectivity index (χ0v) is 21.0. The molecule has 0 atom stereocenters. The van der Waals surface area contributed by atoms with Gasteiger partial charge >= 0.3 is 6.18 Å². The van der Waals surface area contributed by atoms with Gasteiger partial charge < -0.3 is 9.55 Å². The van der Waals surface area contributed by atoms with E-state index in [2.05, 4.69) is 16.1 Å². The third-order valence-electron chi connectivity index (χ3n) is 6.46. The first kappa shape index (κ1) is 26.5. The molecular weight excluding hydrogens is 457 g/mol. The molecule has 186 valence electrons. The summed E-state index contributed by atoms with van der Waals surface area (Å²) in [7, 11) is 0. The van der Waals surface area contributed by atoms with Crippen LogP contribution in [0.5, 0.6) is 0 Å². The Morgan fingerprint density at radius 3 is 2.38 bits per heavy atom. The van der Waals surface area contributed by atoms with Crippen LogP contribution in [-0.2, 0) is 19.1 Å². The van der Waals surface area contributed by atoms with Crippen LogP contribution >= 0.6 is 11.8 Å². The van der Waals surface area contributed by atoms with E-state index in [1.165, 1.54) is 37.9 Å². The van der Waals surface area contributed by atoms with Crippen molar-refractivity contribution < 1.29 is 13.2 Å². The number of nitrogens with zero attached hydrogens (tertiary/aromatic N) is 1. The molecule has 0 unspecified atom stereocenters. The summed E-state index contributed by atoms with van der Waals surface area (Å²) in [6.07, 6.45) is 6.40. The van der Waals surface area contributed by atoms with Gasteiger partial charge in [0, 0.05) is 45.9 Å². The Morgan fingerprint density at radius 1 is 1.06 bits per heavy atom. The van der Waals surface area contributed by atoms with Gasteiger partial charge in [-0.2, -0.15) is 24.9 Å². The molecular formula is C27H35F3N2OS. The number of benzene rings is 1. The van der Waals surface area contributed by atoms with Crippen molar-refractivity contribution >= 4 is 33.6 Å². The molecule has 1 aromatic carbocycles. The van der Waals surface area contributed by atoms with Crippen LogP contribution in [0.15, 0.2) is 35.6 Å². The van der Waals surface area contributed by atoms with Crippen LogP contribution in [0.4, 0.5) is 13.2 Å². The topological polar surface area (TPSA) is 37.8 Å². The van der Waals surface area contributed by atoms with E-state index in [9.17, 15) is 18.0 Å². The molecule has 2 aromatic heterocycles. The largest absolute Gasteiger partial charge is 0.417 e. The number of hydrogen-bond donors (Lipinski definition) is 1. The number of nitrogens with one attached hydrogen (secondary N) is 1. The number of fused-ring (bicyclic) bond motifs is 3. The lowest BCUT2D eigenvalue weighted by Crippen LogP contribution is -2.14. The summed E-state index contributed by atoms with van der Waals surface area (Å²) in [6.45, 7) is 8.47. The second-order valence-electron chi connectivity index (χ2n) is 8.84. The smallest absolute Gasteiger partial charge is 0.344 e. The summed E-state index contributed by atoms with van der Waals surface area (Å²) in [5.74, 6) is 2.23. The van der Waals surface area contributed by atoms with Gasteiger partial charge in [-0.15, -0.1) is 6.58 Å². The average molecular weight is 493 g/mol.